The Balaban J connectivity index is 1.13. The minimum absolute atomic E-state index is 0.0154. The molecule has 1 unspecified atom stereocenters. The van der Waals surface area contributed by atoms with E-state index >= 15 is 0 Å². The Hall–Kier alpha value is -3.13. The van der Waals surface area contributed by atoms with Gasteiger partial charge in [-0.1, -0.05) is 18.2 Å². The van der Waals surface area contributed by atoms with Crippen LogP contribution in [0.2, 0.25) is 0 Å². The number of ether oxygens (including phenoxy) is 2. The van der Waals surface area contributed by atoms with Crippen LogP contribution in [0.1, 0.15) is 23.6 Å². The van der Waals surface area contributed by atoms with Crippen molar-refractivity contribution < 1.29 is 19.1 Å². The number of urea groups is 1. The van der Waals surface area contributed by atoms with Crippen LogP contribution in [-0.4, -0.2) is 71.7 Å². The third kappa shape index (κ3) is 4.20. The molecule has 1 N–H and O–H groups in total. The van der Waals surface area contributed by atoms with Gasteiger partial charge in [-0.25, -0.2) is 9.78 Å². The molecule has 3 amide bonds. The second-order valence-corrected chi connectivity index (χ2v) is 8.43. The number of aromatic nitrogens is 1. The van der Waals surface area contributed by atoms with E-state index in [1.54, 1.807) is 0 Å². The van der Waals surface area contributed by atoms with E-state index in [9.17, 15) is 9.59 Å². The summed E-state index contributed by atoms with van der Waals surface area (Å²) < 4.78 is 11.4. The van der Waals surface area contributed by atoms with Gasteiger partial charge in [-0.05, 0) is 37.1 Å². The van der Waals surface area contributed by atoms with Gasteiger partial charge in [-0.15, -0.1) is 0 Å². The smallest absolute Gasteiger partial charge is 0.320 e. The molecule has 5 rings (SSSR count). The average molecular weight is 422 g/mol. The van der Waals surface area contributed by atoms with E-state index in [-0.39, 0.29) is 30.7 Å². The molecule has 3 fully saturated rings. The molecule has 8 nitrogen and oxygen atoms in total. The Labute approximate surface area is 181 Å². The summed E-state index contributed by atoms with van der Waals surface area (Å²) >= 11 is 0. The number of piperidine rings is 1. The highest BCUT2D eigenvalue weighted by Gasteiger charge is 2.40. The number of fused-ring (bicyclic) bond motifs is 1. The largest absolute Gasteiger partial charge is 0.439 e. The summed E-state index contributed by atoms with van der Waals surface area (Å²) in [5, 5.41) is 2.95. The Bertz CT molecular complexity index is 974. The van der Waals surface area contributed by atoms with E-state index in [0.717, 1.165) is 17.9 Å². The van der Waals surface area contributed by atoms with Crippen molar-refractivity contribution in [3.8, 4) is 11.6 Å². The van der Waals surface area contributed by atoms with Crippen molar-refractivity contribution >= 4 is 11.9 Å². The van der Waals surface area contributed by atoms with Gasteiger partial charge >= 0.3 is 6.03 Å². The molecule has 0 spiro atoms. The topological polar surface area (TPSA) is 84.0 Å². The molecule has 0 radical (unpaired) electrons. The van der Waals surface area contributed by atoms with Gasteiger partial charge in [0.15, 0.2) is 0 Å². The second kappa shape index (κ2) is 8.19. The maximum Gasteiger partial charge on any atom is 0.320 e. The summed E-state index contributed by atoms with van der Waals surface area (Å²) in [7, 11) is 0. The summed E-state index contributed by atoms with van der Waals surface area (Å²) in [5.41, 5.74) is 2.11. The van der Waals surface area contributed by atoms with Crippen molar-refractivity contribution in [1.29, 1.82) is 0 Å². The number of carbonyl (C=O) groups is 2. The van der Waals surface area contributed by atoms with Crippen molar-refractivity contribution in [2.24, 2.45) is 0 Å². The number of carbonyl (C=O) groups excluding carboxylic acids is 2. The van der Waals surface area contributed by atoms with Crippen molar-refractivity contribution in [2.45, 2.75) is 31.4 Å². The quantitative estimate of drug-likeness (QED) is 0.821. The zero-order valence-electron chi connectivity index (χ0n) is 17.5. The minimum Gasteiger partial charge on any atom is -0.439 e. The first-order valence-corrected chi connectivity index (χ1v) is 10.7. The van der Waals surface area contributed by atoms with Crippen LogP contribution in [0.3, 0.4) is 0 Å². The third-order valence-corrected chi connectivity index (χ3v) is 6.18. The molecule has 4 heterocycles. The average Bonchev–Trinajstić information content (AvgIpc) is 2.73. The van der Waals surface area contributed by atoms with Gasteiger partial charge in [-0.2, -0.15) is 0 Å². The Morgan fingerprint density at radius 2 is 1.94 bits per heavy atom. The third-order valence-electron chi connectivity index (χ3n) is 6.18. The molecular formula is C23H26N4O4. The van der Waals surface area contributed by atoms with E-state index in [2.05, 4.69) is 22.4 Å². The van der Waals surface area contributed by atoms with Crippen LogP contribution in [0.15, 0.2) is 42.5 Å². The lowest BCUT2D eigenvalue weighted by atomic mass is 9.91. The number of nitrogens with zero attached hydrogens (tertiary/aromatic N) is 3. The fraction of sp³-hybridized carbons (Fsp3) is 0.435. The summed E-state index contributed by atoms with van der Waals surface area (Å²) in [6.45, 7) is 4.62. The van der Waals surface area contributed by atoms with Crippen molar-refractivity contribution in [1.82, 2.24) is 20.1 Å². The number of pyridine rings is 1. The Morgan fingerprint density at radius 3 is 2.71 bits per heavy atom. The van der Waals surface area contributed by atoms with E-state index in [1.807, 2.05) is 47.1 Å². The van der Waals surface area contributed by atoms with Gasteiger partial charge in [0, 0.05) is 43.9 Å². The number of rotatable bonds is 3. The number of amides is 3. The lowest BCUT2D eigenvalue weighted by molar-refractivity contribution is -0.139. The van der Waals surface area contributed by atoms with Crippen LogP contribution in [0.25, 0.3) is 0 Å². The molecule has 0 aliphatic carbocycles. The molecule has 3 aliphatic rings. The number of benzene rings is 1. The molecule has 0 bridgehead atoms. The zero-order valence-corrected chi connectivity index (χ0v) is 17.5. The summed E-state index contributed by atoms with van der Waals surface area (Å²) in [6, 6.07) is 13.6. The summed E-state index contributed by atoms with van der Waals surface area (Å²) in [4.78, 5) is 32.5. The van der Waals surface area contributed by atoms with Crippen molar-refractivity contribution in [3.63, 3.8) is 0 Å². The lowest BCUT2D eigenvalue weighted by Crippen LogP contribution is -2.63. The predicted octanol–water partition coefficient (Wildman–Crippen LogP) is 2.29. The molecule has 8 heteroatoms. The molecule has 1 aromatic carbocycles. The van der Waals surface area contributed by atoms with Crippen molar-refractivity contribution in [2.75, 3.05) is 32.8 Å². The number of hydrogen-bond donors (Lipinski definition) is 1. The number of hydrogen-bond acceptors (Lipinski definition) is 5. The molecule has 31 heavy (non-hydrogen) atoms. The first kappa shape index (κ1) is 19.8. The van der Waals surface area contributed by atoms with Crippen LogP contribution in [0.4, 0.5) is 4.79 Å². The highest BCUT2D eigenvalue weighted by Crippen LogP contribution is 2.31. The molecule has 1 aromatic heterocycles. The first-order valence-electron chi connectivity index (χ1n) is 10.7. The Morgan fingerprint density at radius 1 is 1.13 bits per heavy atom. The van der Waals surface area contributed by atoms with Gasteiger partial charge in [-0.3, -0.25) is 4.79 Å². The van der Waals surface area contributed by atoms with E-state index in [1.165, 1.54) is 5.56 Å². The fourth-order valence-corrected chi connectivity index (χ4v) is 4.42. The molecule has 3 aliphatic heterocycles. The zero-order chi connectivity index (χ0) is 21.4. The van der Waals surface area contributed by atoms with E-state index < -0.39 is 0 Å². The molecule has 2 atom stereocenters. The minimum atomic E-state index is -0.106. The number of nitrogens with one attached hydrogen (secondary N) is 1. The van der Waals surface area contributed by atoms with Gasteiger partial charge in [0.1, 0.15) is 12.4 Å². The number of likely N-dealkylation sites (tertiary alicyclic amines) is 2. The predicted molar refractivity (Wildman–Crippen MR) is 113 cm³/mol. The van der Waals surface area contributed by atoms with E-state index in [4.69, 9.17) is 9.47 Å². The van der Waals surface area contributed by atoms with Crippen LogP contribution in [-0.2, 0) is 9.53 Å². The molecular weight excluding hydrogens is 396 g/mol. The SMILES string of the molecule is Cc1cccc(Oc2ccc(C3CN(C(=O)N4CC[C@@H]5OCC(=O)NC5C4)C3)cc2)n1. The number of morpholine rings is 1. The first-order chi connectivity index (χ1) is 15.0. The highest BCUT2D eigenvalue weighted by molar-refractivity contribution is 5.79. The Kier molecular flexibility index (Phi) is 5.23. The van der Waals surface area contributed by atoms with Gasteiger partial charge in [0.25, 0.3) is 0 Å². The van der Waals surface area contributed by atoms with Gasteiger partial charge in [0.05, 0.1) is 12.1 Å². The molecule has 0 saturated carbocycles. The number of aryl methyl sites for hydroxylation is 1. The van der Waals surface area contributed by atoms with Crippen LogP contribution < -0.4 is 10.1 Å². The van der Waals surface area contributed by atoms with Gasteiger partial charge in [0.2, 0.25) is 11.8 Å². The maximum atomic E-state index is 12.9. The monoisotopic (exact) mass is 422 g/mol. The van der Waals surface area contributed by atoms with Gasteiger partial charge < -0.3 is 24.6 Å². The fourth-order valence-electron chi connectivity index (χ4n) is 4.42. The molecule has 3 saturated heterocycles. The molecule has 162 valence electrons. The lowest BCUT2D eigenvalue weighted by Gasteiger charge is -2.46. The normalized spacial score (nSPS) is 23.6. The molecule has 2 aromatic rings. The van der Waals surface area contributed by atoms with Crippen LogP contribution in [0, 0.1) is 6.92 Å². The standard InChI is InChI=1S/C23H26N4O4/c1-15-3-2-4-22(24-15)31-18-7-5-16(6-8-18)17-11-27(12-17)23(29)26-10-9-20-19(13-26)25-21(28)14-30-20/h2-8,17,19-20H,9-14H2,1H3,(H,25,28)/t19?,20-/m0/s1. The summed E-state index contributed by atoms with van der Waals surface area (Å²) in [5.74, 6) is 1.54. The van der Waals surface area contributed by atoms with Crippen LogP contribution >= 0.6 is 0 Å². The van der Waals surface area contributed by atoms with E-state index in [0.29, 0.717) is 38.0 Å². The van der Waals surface area contributed by atoms with Crippen LogP contribution in [0.5, 0.6) is 11.6 Å². The highest BCUT2D eigenvalue weighted by atomic mass is 16.5. The second-order valence-electron chi connectivity index (χ2n) is 8.43. The summed E-state index contributed by atoms with van der Waals surface area (Å²) in [6.07, 6.45) is 0.771. The maximum absolute atomic E-state index is 12.9. The van der Waals surface area contributed by atoms with Crippen molar-refractivity contribution in [3.05, 3.63) is 53.7 Å².